The summed E-state index contributed by atoms with van der Waals surface area (Å²) < 4.78 is 5.47. The Morgan fingerprint density at radius 2 is 0.610 bits per heavy atom. The minimum absolute atomic E-state index is 0.106. The van der Waals surface area contributed by atoms with Crippen LogP contribution in [0.1, 0.15) is 38.5 Å². The molecule has 0 amide bonds. The summed E-state index contributed by atoms with van der Waals surface area (Å²) in [6.07, 6.45) is 8.22. The summed E-state index contributed by atoms with van der Waals surface area (Å²) in [4.78, 5) is 0. The van der Waals surface area contributed by atoms with Crippen LogP contribution in [0.15, 0.2) is 121 Å². The number of nitrogens with zero attached hydrogens (tertiary/aromatic N) is 2. The molecule has 2 saturated heterocycles. The van der Waals surface area contributed by atoms with Crippen molar-refractivity contribution >= 4 is 56.4 Å². The van der Waals surface area contributed by atoms with Gasteiger partial charge in [-0.1, -0.05) is 85.6 Å². The first-order chi connectivity index (χ1) is 20.3. The number of piperidine rings is 2. The largest absolute Gasteiger partial charge is 0.173 e. The third kappa shape index (κ3) is 10.5. The van der Waals surface area contributed by atoms with E-state index < -0.39 is 16.1 Å². The summed E-state index contributed by atoms with van der Waals surface area (Å²) in [5.41, 5.74) is 0. The van der Waals surface area contributed by atoms with Gasteiger partial charge in [-0.3, -0.25) is 0 Å². The maximum absolute atomic E-state index is 4.81. The van der Waals surface area contributed by atoms with E-state index in [2.05, 4.69) is 131 Å². The summed E-state index contributed by atoms with van der Waals surface area (Å²) in [6.45, 7) is 5.05. The van der Waals surface area contributed by atoms with Gasteiger partial charge in [0.25, 0.3) is 0 Å². The zero-order chi connectivity index (χ0) is 28.5. The molecule has 0 atom stereocenters. The standard InChI is InChI=1S/2C17H20NP.2ClH.Pd/c2*1-4-10-16(11-5-1)19(17-12-6-2-7-13-17)18-14-8-3-9-15-18;;;/h2*1-2,4-7,10-13H,3,8-9,14-15H2;2*1H;/q;;;;+2. The molecule has 2 aliphatic rings. The second-order valence-corrected chi connectivity index (χ2v) is 17.6. The van der Waals surface area contributed by atoms with Crippen molar-refractivity contribution in [3.05, 3.63) is 121 Å². The van der Waals surface area contributed by atoms with Crippen molar-refractivity contribution in [2.24, 2.45) is 0 Å². The van der Waals surface area contributed by atoms with Crippen LogP contribution in [0.4, 0.5) is 0 Å². The number of halogens is 2. The van der Waals surface area contributed by atoms with Crippen LogP contribution in [-0.4, -0.2) is 35.5 Å². The van der Waals surface area contributed by atoms with Gasteiger partial charge < -0.3 is 0 Å². The number of benzene rings is 4. The molecular formula is C34H42Cl2N2P2Pd+2. The molecule has 7 heteroatoms. The van der Waals surface area contributed by atoms with Crippen LogP contribution < -0.4 is 21.2 Å². The molecule has 0 bridgehead atoms. The maximum Gasteiger partial charge on any atom is 0.135 e. The Kier molecular flexibility index (Phi) is 15.4. The fourth-order valence-electron chi connectivity index (χ4n) is 5.68. The first-order valence-corrected chi connectivity index (χ1v) is 21.5. The number of rotatable bonds is 6. The van der Waals surface area contributed by atoms with Gasteiger partial charge in [0.2, 0.25) is 0 Å². The Morgan fingerprint density at radius 1 is 0.390 bits per heavy atom. The van der Waals surface area contributed by atoms with Gasteiger partial charge in [0.05, 0.1) is 0 Å². The normalized spacial score (nSPS) is 16.0. The van der Waals surface area contributed by atoms with Crippen LogP contribution in [0.5, 0.6) is 0 Å². The van der Waals surface area contributed by atoms with Gasteiger partial charge in [0.15, 0.2) is 0 Å². The molecule has 2 aliphatic heterocycles. The third-order valence-electron chi connectivity index (χ3n) is 7.53. The molecule has 2 fully saturated rings. The van der Waals surface area contributed by atoms with Gasteiger partial charge in [-0.05, 0) is 74.2 Å². The minimum atomic E-state index is -0.767. The van der Waals surface area contributed by atoms with Crippen LogP contribution in [0.25, 0.3) is 0 Å². The average Bonchev–Trinajstić information content (AvgIpc) is 3.05. The van der Waals surface area contributed by atoms with E-state index in [-0.39, 0.29) is 15.9 Å². The van der Waals surface area contributed by atoms with Gasteiger partial charge in [-0.25, -0.2) is 0 Å². The van der Waals surface area contributed by atoms with E-state index in [4.69, 9.17) is 19.1 Å². The predicted molar refractivity (Wildman–Crippen MR) is 183 cm³/mol. The van der Waals surface area contributed by atoms with Gasteiger partial charge in [-0.15, -0.1) is 0 Å². The summed E-state index contributed by atoms with van der Waals surface area (Å²) in [6, 6.07) is 44.3. The summed E-state index contributed by atoms with van der Waals surface area (Å²) in [5, 5.41) is 6.06. The second kappa shape index (κ2) is 19.2. The van der Waals surface area contributed by atoms with E-state index in [1.54, 1.807) is 0 Å². The predicted octanol–water partition coefficient (Wildman–Crippen LogP) is 7.88. The molecular weight excluding hydrogens is 676 g/mol. The topological polar surface area (TPSA) is 6.48 Å². The molecule has 0 aliphatic carbocycles. The Bertz CT molecular complexity index is 1030. The summed E-state index contributed by atoms with van der Waals surface area (Å²) in [5.74, 6) is 0. The molecule has 0 aromatic heterocycles. The Hall–Kier alpha value is -1.10. The Labute approximate surface area is 266 Å². The zero-order valence-electron chi connectivity index (χ0n) is 23.6. The number of hydrogen-bond donors (Lipinski definition) is 0. The van der Waals surface area contributed by atoms with Crippen molar-refractivity contribution in [3.63, 3.8) is 0 Å². The van der Waals surface area contributed by atoms with Crippen molar-refractivity contribution in [1.29, 1.82) is 0 Å². The van der Waals surface area contributed by atoms with E-state index in [9.17, 15) is 0 Å². The molecule has 0 spiro atoms. The molecule has 0 radical (unpaired) electrons. The molecule has 220 valence electrons. The van der Waals surface area contributed by atoms with E-state index in [0.717, 1.165) is 0 Å². The Balaban J connectivity index is 0.000000173. The molecule has 2 heterocycles. The molecule has 41 heavy (non-hydrogen) atoms. The first-order valence-electron chi connectivity index (χ1n) is 14.6. The van der Waals surface area contributed by atoms with Gasteiger partial charge >= 0.3 is 35.0 Å². The second-order valence-electron chi connectivity index (χ2n) is 10.3. The van der Waals surface area contributed by atoms with Crippen LogP contribution >= 0.6 is 35.2 Å². The van der Waals surface area contributed by atoms with E-state index in [1.165, 1.54) is 85.9 Å². The Morgan fingerprint density at radius 3 is 0.829 bits per heavy atom. The molecule has 4 aromatic rings. The van der Waals surface area contributed by atoms with E-state index in [0.29, 0.717) is 0 Å². The smallest absolute Gasteiger partial charge is 0.135 e. The molecule has 2 nitrogen and oxygen atoms in total. The number of hydrogen-bond acceptors (Lipinski definition) is 2. The van der Waals surface area contributed by atoms with Gasteiger partial charge in [0, 0.05) is 26.2 Å². The SMILES string of the molecule is [Cl][Pd][Cl].c1ccc([PH+](c2ccccc2)N2CCCCC2)cc1.c1ccc([PH+](c2ccccc2)N2CCCCC2)cc1. The molecule has 0 N–H and O–H groups in total. The van der Waals surface area contributed by atoms with Crippen molar-refractivity contribution in [2.45, 2.75) is 38.5 Å². The third-order valence-corrected chi connectivity index (χ3v) is 13.2. The molecule has 6 rings (SSSR count). The van der Waals surface area contributed by atoms with Gasteiger partial charge in [0.1, 0.15) is 37.4 Å². The quantitative estimate of drug-likeness (QED) is 0.148. The van der Waals surface area contributed by atoms with Crippen molar-refractivity contribution in [3.8, 4) is 0 Å². The van der Waals surface area contributed by atoms with Crippen molar-refractivity contribution < 1.29 is 15.9 Å². The van der Waals surface area contributed by atoms with Crippen LogP contribution in [-0.2, 0) is 15.9 Å². The van der Waals surface area contributed by atoms with Crippen molar-refractivity contribution in [2.75, 3.05) is 26.2 Å². The minimum Gasteiger partial charge on any atom is -0.173 e. The average molecular weight is 718 g/mol. The van der Waals surface area contributed by atoms with Crippen LogP contribution in [0.2, 0.25) is 0 Å². The molecule has 4 aromatic carbocycles. The van der Waals surface area contributed by atoms with Crippen molar-refractivity contribution in [1.82, 2.24) is 9.34 Å². The first kappa shape index (κ1) is 32.8. The fourth-order valence-corrected chi connectivity index (χ4v) is 11.4. The van der Waals surface area contributed by atoms with E-state index >= 15 is 0 Å². The molecule has 0 saturated carbocycles. The zero-order valence-corrected chi connectivity index (χ0v) is 28.7. The maximum atomic E-state index is 4.81. The summed E-state index contributed by atoms with van der Waals surface area (Å²) in [7, 11) is 8.09. The van der Waals surface area contributed by atoms with Crippen LogP contribution in [0.3, 0.4) is 0 Å². The molecule has 0 unspecified atom stereocenters. The monoisotopic (exact) mass is 716 g/mol. The van der Waals surface area contributed by atoms with Crippen LogP contribution in [0, 0.1) is 0 Å². The fraction of sp³-hybridized carbons (Fsp3) is 0.294. The summed E-state index contributed by atoms with van der Waals surface area (Å²) >= 11 is -0.106. The van der Waals surface area contributed by atoms with Gasteiger partial charge in [-0.2, -0.15) is 9.34 Å². The van der Waals surface area contributed by atoms with E-state index in [1.807, 2.05) is 0 Å².